The van der Waals surface area contributed by atoms with E-state index < -0.39 is 5.54 Å². The number of hydrogen-bond acceptors (Lipinski definition) is 3. The Bertz CT molecular complexity index is 481. The van der Waals surface area contributed by atoms with Crippen LogP contribution < -0.4 is 5.32 Å². The van der Waals surface area contributed by atoms with Gasteiger partial charge in [-0.15, -0.1) is 0 Å². The van der Waals surface area contributed by atoms with Gasteiger partial charge in [-0.25, -0.2) is 0 Å². The first-order valence-corrected chi connectivity index (χ1v) is 6.84. The Morgan fingerprint density at radius 3 is 2.72 bits per heavy atom. The van der Waals surface area contributed by atoms with Gasteiger partial charge in [0.2, 0.25) is 5.91 Å². The fourth-order valence-electron chi connectivity index (χ4n) is 2.25. The molecule has 0 bridgehead atoms. The second kappa shape index (κ2) is 4.66. The number of hydrogen-bond donors (Lipinski definition) is 1. The molecule has 1 aromatic heterocycles. The minimum atomic E-state index is -0.476. The maximum Gasteiger partial charge on any atom is 0.240 e. The molecule has 5 nitrogen and oxygen atoms in total. The maximum atomic E-state index is 11.9. The zero-order valence-electron chi connectivity index (χ0n) is 11.2. The van der Waals surface area contributed by atoms with E-state index in [1.54, 1.807) is 0 Å². The monoisotopic (exact) mass is 314 g/mol. The molecule has 6 heteroatoms. The number of piperazine rings is 1. The summed E-state index contributed by atoms with van der Waals surface area (Å²) in [5.74, 6) is 0.0868. The Hall–Kier alpha value is -0.880. The number of carbonyl (C=O) groups excluding carboxylic acids is 1. The van der Waals surface area contributed by atoms with Crippen LogP contribution in [0.3, 0.4) is 0 Å². The van der Waals surface area contributed by atoms with Gasteiger partial charge < -0.3 is 5.32 Å². The van der Waals surface area contributed by atoms with E-state index in [0.29, 0.717) is 6.54 Å². The highest BCUT2D eigenvalue weighted by atomic mass is 79.9. The Labute approximate surface area is 116 Å². The summed E-state index contributed by atoms with van der Waals surface area (Å²) in [6.07, 6.45) is 0. The number of aromatic nitrogens is 2. The summed E-state index contributed by atoms with van der Waals surface area (Å²) in [5, 5.41) is 7.29. The number of halogens is 1. The van der Waals surface area contributed by atoms with E-state index in [-0.39, 0.29) is 5.91 Å². The summed E-state index contributed by atoms with van der Waals surface area (Å²) in [5.41, 5.74) is 1.61. The van der Waals surface area contributed by atoms with Crippen molar-refractivity contribution in [2.75, 3.05) is 13.1 Å². The first-order valence-electron chi connectivity index (χ1n) is 6.05. The van der Waals surface area contributed by atoms with E-state index in [2.05, 4.69) is 31.2 Å². The minimum Gasteiger partial charge on any atom is -0.353 e. The summed E-state index contributed by atoms with van der Waals surface area (Å²) >= 11 is 3.57. The third kappa shape index (κ3) is 2.19. The molecule has 1 aliphatic rings. The Kier molecular flexibility index (Phi) is 3.51. The number of carbonyl (C=O) groups is 1. The molecule has 0 atom stereocenters. The van der Waals surface area contributed by atoms with E-state index in [9.17, 15) is 4.79 Å². The molecule has 1 fully saturated rings. The van der Waals surface area contributed by atoms with E-state index in [1.807, 2.05) is 32.5 Å². The highest BCUT2D eigenvalue weighted by Crippen LogP contribution is 2.26. The van der Waals surface area contributed by atoms with Crippen molar-refractivity contribution in [1.29, 1.82) is 0 Å². The molecular weight excluding hydrogens is 296 g/mol. The first kappa shape index (κ1) is 13.5. The third-order valence-corrected chi connectivity index (χ3v) is 4.65. The number of nitrogens with one attached hydrogen (secondary N) is 1. The molecule has 1 amide bonds. The SMILES string of the molecule is Cc1nn(C)c(CN2CCNC(=O)C2(C)C)c1Br. The van der Waals surface area contributed by atoms with Crippen LogP contribution in [0.5, 0.6) is 0 Å². The van der Waals surface area contributed by atoms with Crippen molar-refractivity contribution < 1.29 is 4.79 Å². The van der Waals surface area contributed by atoms with Crippen molar-refractivity contribution in [3.8, 4) is 0 Å². The molecule has 0 aromatic carbocycles. The second-order valence-electron chi connectivity index (χ2n) is 5.21. The van der Waals surface area contributed by atoms with Gasteiger partial charge in [0.25, 0.3) is 0 Å². The Morgan fingerprint density at radius 1 is 1.50 bits per heavy atom. The number of aryl methyl sites for hydroxylation is 2. The quantitative estimate of drug-likeness (QED) is 0.892. The van der Waals surface area contributed by atoms with Crippen LogP contribution in [0.1, 0.15) is 25.2 Å². The third-order valence-electron chi connectivity index (χ3n) is 3.62. The first-order chi connectivity index (χ1) is 8.34. The lowest BCUT2D eigenvalue weighted by Crippen LogP contribution is -2.61. The van der Waals surface area contributed by atoms with Crippen molar-refractivity contribution in [2.24, 2.45) is 7.05 Å². The van der Waals surface area contributed by atoms with Gasteiger partial charge in [0.05, 0.1) is 21.4 Å². The van der Waals surface area contributed by atoms with E-state index in [1.165, 1.54) is 0 Å². The largest absolute Gasteiger partial charge is 0.353 e. The molecule has 1 aliphatic heterocycles. The molecule has 2 rings (SSSR count). The zero-order chi connectivity index (χ0) is 13.5. The van der Waals surface area contributed by atoms with Gasteiger partial charge in [-0.3, -0.25) is 14.4 Å². The van der Waals surface area contributed by atoms with Gasteiger partial charge in [0, 0.05) is 26.7 Å². The number of rotatable bonds is 2. The Balaban J connectivity index is 2.25. The lowest BCUT2D eigenvalue weighted by Gasteiger charge is -2.41. The molecule has 0 saturated carbocycles. The minimum absolute atomic E-state index is 0.0868. The molecule has 1 N–H and O–H groups in total. The molecule has 0 spiro atoms. The van der Waals surface area contributed by atoms with Gasteiger partial charge in [-0.1, -0.05) is 0 Å². The van der Waals surface area contributed by atoms with Gasteiger partial charge in [0.15, 0.2) is 0 Å². The molecule has 0 unspecified atom stereocenters. The Morgan fingerprint density at radius 2 is 2.17 bits per heavy atom. The van der Waals surface area contributed by atoms with Gasteiger partial charge >= 0.3 is 0 Å². The van der Waals surface area contributed by atoms with E-state index >= 15 is 0 Å². The maximum absolute atomic E-state index is 11.9. The van der Waals surface area contributed by atoms with Crippen LogP contribution in [0.2, 0.25) is 0 Å². The molecule has 18 heavy (non-hydrogen) atoms. The predicted octanol–water partition coefficient (Wildman–Crippen LogP) is 1.20. The predicted molar refractivity (Wildman–Crippen MR) is 73.1 cm³/mol. The van der Waals surface area contributed by atoms with Crippen LogP contribution in [0.25, 0.3) is 0 Å². The highest BCUT2D eigenvalue weighted by Gasteiger charge is 2.38. The summed E-state index contributed by atoms with van der Waals surface area (Å²) < 4.78 is 2.91. The van der Waals surface area contributed by atoms with Gasteiger partial charge in [-0.05, 0) is 36.7 Å². The molecule has 0 aliphatic carbocycles. The average molecular weight is 315 g/mol. The van der Waals surface area contributed by atoms with Gasteiger partial charge in [0.1, 0.15) is 0 Å². The fraction of sp³-hybridized carbons (Fsp3) is 0.667. The summed E-state index contributed by atoms with van der Waals surface area (Å²) in [7, 11) is 1.93. The average Bonchev–Trinajstić information content (AvgIpc) is 2.52. The summed E-state index contributed by atoms with van der Waals surface area (Å²) in [6, 6.07) is 0. The van der Waals surface area contributed by atoms with E-state index in [4.69, 9.17) is 0 Å². The summed E-state index contributed by atoms with van der Waals surface area (Å²) in [6.45, 7) is 8.17. The van der Waals surface area contributed by atoms with Crippen LogP contribution >= 0.6 is 15.9 Å². The fourth-order valence-corrected chi connectivity index (χ4v) is 2.71. The standard InChI is InChI=1S/C12H19BrN4O/c1-8-10(13)9(16(4)15-8)7-17-6-5-14-11(18)12(17,2)3/h5-7H2,1-4H3,(H,14,18). The van der Waals surface area contributed by atoms with Crippen LogP contribution in [-0.4, -0.2) is 39.2 Å². The van der Waals surface area contributed by atoms with Crippen LogP contribution in [-0.2, 0) is 18.4 Å². The molecule has 1 aromatic rings. The molecule has 1 saturated heterocycles. The highest BCUT2D eigenvalue weighted by molar-refractivity contribution is 9.10. The van der Waals surface area contributed by atoms with Crippen molar-refractivity contribution in [1.82, 2.24) is 20.0 Å². The van der Waals surface area contributed by atoms with Crippen LogP contribution in [0.15, 0.2) is 4.47 Å². The normalized spacial score (nSPS) is 19.9. The lowest BCUT2D eigenvalue weighted by atomic mass is 9.98. The zero-order valence-corrected chi connectivity index (χ0v) is 12.8. The van der Waals surface area contributed by atoms with Crippen molar-refractivity contribution in [3.63, 3.8) is 0 Å². The lowest BCUT2D eigenvalue weighted by molar-refractivity contribution is -0.135. The van der Waals surface area contributed by atoms with Crippen molar-refractivity contribution in [2.45, 2.75) is 32.9 Å². The smallest absolute Gasteiger partial charge is 0.240 e. The topological polar surface area (TPSA) is 50.2 Å². The van der Waals surface area contributed by atoms with Crippen LogP contribution in [0, 0.1) is 6.92 Å². The van der Waals surface area contributed by atoms with Crippen LogP contribution in [0.4, 0.5) is 0 Å². The van der Waals surface area contributed by atoms with Gasteiger partial charge in [-0.2, -0.15) is 5.10 Å². The molecule has 0 radical (unpaired) electrons. The molecule has 2 heterocycles. The number of nitrogens with zero attached hydrogens (tertiary/aromatic N) is 3. The van der Waals surface area contributed by atoms with Crippen molar-refractivity contribution in [3.05, 3.63) is 15.9 Å². The molecule has 100 valence electrons. The second-order valence-corrected chi connectivity index (χ2v) is 6.00. The van der Waals surface area contributed by atoms with Crippen molar-refractivity contribution >= 4 is 21.8 Å². The summed E-state index contributed by atoms with van der Waals surface area (Å²) in [4.78, 5) is 14.1. The number of amides is 1. The molecular formula is C12H19BrN4O. The van der Waals surface area contributed by atoms with E-state index in [0.717, 1.165) is 29.0 Å².